The van der Waals surface area contributed by atoms with Crippen molar-refractivity contribution in [2.75, 3.05) is 43.7 Å². The molecule has 0 saturated carbocycles. The summed E-state index contributed by atoms with van der Waals surface area (Å²) in [5.41, 5.74) is -4.43. The van der Waals surface area contributed by atoms with E-state index in [4.69, 9.17) is 9.47 Å². The van der Waals surface area contributed by atoms with Crippen LogP contribution in [0.1, 0.15) is 22.8 Å². The summed E-state index contributed by atoms with van der Waals surface area (Å²) in [6, 6.07) is 5.53. The third-order valence-corrected chi connectivity index (χ3v) is 6.87. The van der Waals surface area contributed by atoms with Gasteiger partial charge in [-0.1, -0.05) is 6.07 Å². The molecule has 5 rings (SSSR count). The van der Waals surface area contributed by atoms with Crippen LogP contribution >= 0.6 is 0 Å². The fourth-order valence-electron chi connectivity index (χ4n) is 4.63. The van der Waals surface area contributed by atoms with E-state index in [9.17, 15) is 22.8 Å². The van der Waals surface area contributed by atoms with E-state index in [2.05, 4.69) is 5.32 Å². The molecule has 0 bridgehead atoms. The van der Waals surface area contributed by atoms with Crippen LogP contribution in [0.25, 0.3) is 11.1 Å². The van der Waals surface area contributed by atoms with Crippen LogP contribution in [0, 0.1) is 11.6 Å². The zero-order chi connectivity index (χ0) is 28.1. The quantitative estimate of drug-likeness (QED) is 0.467. The topological polar surface area (TPSA) is 86.9 Å². The molecule has 0 aliphatic carbocycles. The number of ether oxygens (including phenoxy) is 2. The largest absolute Gasteiger partial charge is 0.454 e. The number of hydrogen-bond donors (Lipinski definition) is 2. The first-order valence-corrected chi connectivity index (χ1v) is 11.9. The van der Waals surface area contributed by atoms with Crippen LogP contribution in [0.4, 0.5) is 33.3 Å². The summed E-state index contributed by atoms with van der Waals surface area (Å²) >= 11 is 0. The maximum atomic E-state index is 16.2. The summed E-state index contributed by atoms with van der Waals surface area (Å²) in [5, 5.41) is 2.23. The van der Waals surface area contributed by atoms with Gasteiger partial charge in [0.05, 0.1) is 22.4 Å². The molecule has 2 aromatic carbocycles. The Morgan fingerprint density at radius 1 is 1.10 bits per heavy atom. The first kappa shape index (κ1) is 26.5. The molecule has 206 valence electrons. The molecule has 0 radical (unpaired) electrons. The Balaban J connectivity index is 1.63. The number of benzene rings is 2. The van der Waals surface area contributed by atoms with Gasteiger partial charge in [0, 0.05) is 44.0 Å². The Morgan fingerprint density at radius 3 is 2.56 bits per heavy atom. The van der Waals surface area contributed by atoms with Crippen molar-refractivity contribution in [1.29, 1.82) is 0 Å². The Labute approximate surface area is 218 Å². The van der Waals surface area contributed by atoms with Crippen LogP contribution in [-0.2, 0) is 6.18 Å². The number of alkyl halides is 3. The number of aromatic nitrogens is 1. The summed E-state index contributed by atoms with van der Waals surface area (Å²) < 4.78 is 83.1. The fraction of sp³-hybridized carbons (Fsp3) is 0.308. The average molecular weight is 550 g/mol. The zero-order valence-corrected chi connectivity index (χ0v) is 20.8. The van der Waals surface area contributed by atoms with E-state index in [1.165, 1.54) is 18.2 Å². The maximum Gasteiger partial charge on any atom is 0.417 e. The highest BCUT2D eigenvalue weighted by atomic mass is 19.4. The first-order chi connectivity index (χ1) is 18.4. The lowest BCUT2D eigenvalue weighted by molar-refractivity contribution is -0.138. The molecule has 1 atom stereocenters. The molecule has 1 aromatic heterocycles. The van der Waals surface area contributed by atoms with Gasteiger partial charge in [-0.2, -0.15) is 13.2 Å². The van der Waals surface area contributed by atoms with Gasteiger partial charge in [-0.25, -0.2) is 8.78 Å². The molecule has 3 aromatic rings. The SMILES string of the molecule is CC1CN(c2cc(F)c(-c3ccc4c(c3)OCO4)c(F)c2NC(=O)c2c[nH]c(=O)cc2C(F)(F)F)CCN1C. The molecule has 2 aliphatic rings. The standard InChI is InChI=1S/C26H23F5N4O4/c1-13-11-35(6-5-34(13)2)18-9-17(27)22(14-3-4-19-20(7-14)39-12-38-19)23(28)24(18)33-25(37)15-10-32-21(36)8-16(15)26(29,30)31/h3-4,7-10,13H,5-6,11-12H2,1-2H3,(H,32,36)(H,33,37). The van der Waals surface area contributed by atoms with Gasteiger partial charge in [-0.05, 0) is 31.7 Å². The highest BCUT2D eigenvalue weighted by molar-refractivity contribution is 6.07. The summed E-state index contributed by atoms with van der Waals surface area (Å²) in [6.07, 6.45) is -4.42. The van der Waals surface area contributed by atoms with Crippen LogP contribution in [0.15, 0.2) is 41.3 Å². The van der Waals surface area contributed by atoms with Crippen molar-refractivity contribution < 1.29 is 36.2 Å². The summed E-state index contributed by atoms with van der Waals surface area (Å²) in [6.45, 7) is 3.08. The number of H-pyrrole nitrogens is 1. The Morgan fingerprint density at radius 2 is 1.85 bits per heavy atom. The van der Waals surface area contributed by atoms with E-state index in [1.807, 2.05) is 23.9 Å². The number of rotatable bonds is 4. The van der Waals surface area contributed by atoms with Crippen molar-refractivity contribution in [2.45, 2.75) is 19.1 Å². The first-order valence-electron chi connectivity index (χ1n) is 11.9. The normalized spacial score (nSPS) is 17.4. The Hall–Kier alpha value is -4.13. The number of carbonyl (C=O) groups excluding carboxylic acids is 1. The van der Waals surface area contributed by atoms with Gasteiger partial charge in [0.25, 0.3) is 5.91 Å². The molecule has 1 fully saturated rings. The lowest BCUT2D eigenvalue weighted by Gasteiger charge is -2.39. The van der Waals surface area contributed by atoms with Gasteiger partial charge in [-0.15, -0.1) is 0 Å². The van der Waals surface area contributed by atoms with E-state index in [0.717, 1.165) is 6.07 Å². The van der Waals surface area contributed by atoms with Gasteiger partial charge >= 0.3 is 6.18 Å². The minimum absolute atomic E-state index is 0.0157. The van der Waals surface area contributed by atoms with Crippen LogP contribution < -0.4 is 25.2 Å². The molecule has 3 heterocycles. The molecule has 1 saturated heterocycles. The van der Waals surface area contributed by atoms with Crippen molar-refractivity contribution >= 4 is 17.3 Å². The number of nitrogens with zero attached hydrogens (tertiary/aromatic N) is 2. The predicted molar refractivity (Wildman–Crippen MR) is 132 cm³/mol. The van der Waals surface area contributed by atoms with E-state index >= 15 is 8.78 Å². The lowest BCUT2D eigenvalue weighted by Crippen LogP contribution is -2.50. The van der Waals surface area contributed by atoms with Gasteiger partial charge in [0.2, 0.25) is 12.4 Å². The van der Waals surface area contributed by atoms with Crippen LogP contribution in [0.2, 0.25) is 0 Å². The fourth-order valence-corrected chi connectivity index (χ4v) is 4.63. The van der Waals surface area contributed by atoms with Crippen molar-refractivity contribution in [3.63, 3.8) is 0 Å². The monoisotopic (exact) mass is 550 g/mol. The predicted octanol–water partition coefficient (Wildman–Crippen LogP) is 4.46. The molecule has 2 N–H and O–H groups in total. The second kappa shape index (κ2) is 9.88. The number of likely N-dealkylation sites (N-methyl/N-ethyl adjacent to an activating group) is 1. The number of amides is 1. The third kappa shape index (κ3) is 5.01. The van der Waals surface area contributed by atoms with Crippen molar-refractivity contribution in [2.24, 2.45) is 0 Å². The van der Waals surface area contributed by atoms with Crippen molar-refractivity contribution in [3.05, 3.63) is 69.6 Å². The maximum absolute atomic E-state index is 16.2. The number of nitrogens with one attached hydrogen (secondary N) is 2. The third-order valence-electron chi connectivity index (χ3n) is 6.87. The minimum Gasteiger partial charge on any atom is -0.454 e. The molecule has 13 heteroatoms. The van der Waals surface area contributed by atoms with Crippen LogP contribution in [0.3, 0.4) is 0 Å². The second-order valence-electron chi connectivity index (χ2n) is 9.36. The van der Waals surface area contributed by atoms with E-state index in [0.29, 0.717) is 31.6 Å². The number of aromatic amines is 1. The number of anilines is 2. The summed E-state index contributed by atoms with van der Waals surface area (Å²) in [7, 11) is 1.89. The highest BCUT2D eigenvalue weighted by Crippen LogP contribution is 2.42. The Bertz CT molecular complexity index is 1510. The average Bonchev–Trinajstić information content (AvgIpc) is 3.35. The lowest BCUT2D eigenvalue weighted by atomic mass is 10.0. The van der Waals surface area contributed by atoms with Crippen LogP contribution in [-0.4, -0.2) is 55.3 Å². The number of piperazine rings is 1. The van der Waals surface area contributed by atoms with Gasteiger partial charge in [0.15, 0.2) is 17.3 Å². The Kier molecular flexibility index (Phi) is 6.70. The van der Waals surface area contributed by atoms with Gasteiger partial charge in [-0.3, -0.25) is 9.59 Å². The highest BCUT2D eigenvalue weighted by Gasteiger charge is 2.37. The second-order valence-corrected chi connectivity index (χ2v) is 9.36. The molecule has 8 nitrogen and oxygen atoms in total. The number of pyridine rings is 1. The molecule has 1 amide bonds. The van der Waals surface area contributed by atoms with E-state index < -0.39 is 51.7 Å². The summed E-state index contributed by atoms with van der Waals surface area (Å²) in [5.74, 6) is -2.80. The van der Waals surface area contributed by atoms with Gasteiger partial charge in [0.1, 0.15) is 11.5 Å². The molecule has 1 unspecified atom stereocenters. The number of hydrogen-bond acceptors (Lipinski definition) is 6. The molecular formula is C26H23F5N4O4. The summed E-state index contributed by atoms with van der Waals surface area (Å²) in [4.78, 5) is 30.4. The smallest absolute Gasteiger partial charge is 0.417 e. The number of carbonyl (C=O) groups is 1. The van der Waals surface area contributed by atoms with Crippen LogP contribution in [0.5, 0.6) is 11.5 Å². The van der Waals surface area contributed by atoms with Crippen molar-refractivity contribution in [3.8, 4) is 22.6 Å². The van der Waals surface area contributed by atoms with E-state index in [-0.39, 0.29) is 35.9 Å². The zero-order valence-electron chi connectivity index (χ0n) is 20.8. The molecular weight excluding hydrogens is 527 g/mol. The molecule has 39 heavy (non-hydrogen) atoms. The minimum atomic E-state index is -5.03. The number of fused-ring (bicyclic) bond motifs is 1. The van der Waals surface area contributed by atoms with Crippen molar-refractivity contribution in [1.82, 2.24) is 9.88 Å². The number of halogens is 5. The molecule has 0 spiro atoms. The van der Waals surface area contributed by atoms with E-state index in [1.54, 1.807) is 4.90 Å². The molecule has 2 aliphatic heterocycles. The van der Waals surface area contributed by atoms with Gasteiger partial charge < -0.3 is 29.6 Å².